The van der Waals surface area contributed by atoms with Crippen molar-refractivity contribution in [1.29, 1.82) is 0 Å². The van der Waals surface area contributed by atoms with Gasteiger partial charge in [0.2, 0.25) is 0 Å². The molecule has 1 heterocycles. The monoisotopic (exact) mass is 184 g/mol. The first-order valence-electron chi connectivity index (χ1n) is 3.61. The molecule has 1 rings (SSSR count). The van der Waals surface area contributed by atoms with Gasteiger partial charge in [-0.25, -0.2) is 0 Å². The van der Waals surface area contributed by atoms with Crippen molar-refractivity contribution in [2.45, 2.75) is 6.42 Å². The van der Waals surface area contributed by atoms with Crippen LogP contribution in [0.5, 0.6) is 0 Å². The molecule has 1 N–H and O–H groups in total. The average molecular weight is 185 g/mol. The maximum atomic E-state index is 10.3. The van der Waals surface area contributed by atoms with E-state index in [1.54, 1.807) is 12.4 Å². The quantitative estimate of drug-likeness (QED) is 0.573. The molecule has 64 valence electrons. The summed E-state index contributed by atoms with van der Waals surface area (Å²) in [5.41, 5.74) is 1.13. The Hall–Kier alpha value is -1.09. The van der Waals surface area contributed by atoms with Crippen molar-refractivity contribution in [3.05, 3.63) is 30.1 Å². The van der Waals surface area contributed by atoms with Crippen molar-refractivity contribution in [2.24, 2.45) is 0 Å². The van der Waals surface area contributed by atoms with Gasteiger partial charge in [-0.15, -0.1) is 0 Å². The number of rotatable bonds is 3. The first-order valence-corrected chi connectivity index (χ1v) is 3.99. The van der Waals surface area contributed by atoms with Crippen molar-refractivity contribution in [1.82, 2.24) is 10.3 Å². The summed E-state index contributed by atoms with van der Waals surface area (Å²) < 4.78 is 0. The molecule has 3 nitrogen and oxygen atoms in total. The van der Waals surface area contributed by atoms with Gasteiger partial charge >= 0.3 is 5.37 Å². The maximum absolute atomic E-state index is 10.3. The van der Waals surface area contributed by atoms with Gasteiger partial charge in [0.15, 0.2) is 0 Å². The molecule has 0 aliphatic carbocycles. The largest absolute Gasteiger partial charge is 0.342 e. The maximum Gasteiger partial charge on any atom is 0.313 e. The van der Waals surface area contributed by atoms with Crippen molar-refractivity contribution in [2.75, 3.05) is 6.54 Å². The number of aromatic nitrogens is 1. The summed E-state index contributed by atoms with van der Waals surface area (Å²) in [5, 5.41) is 1.99. The van der Waals surface area contributed by atoms with E-state index in [1.807, 2.05) is 12.1 Å². The summed E-state index contributed by atoms with van der Waals surface area (Å²) in [7, 11) is 0. The summed E-state index contributed by atoms with van der Waals surface area (Å²) in [6.07, 6.45) is 4.22. The molecule has 0 fully saturated rings. The summed E-state index contributed by atoms with van der Waals surface area (Å²) in [4.78, 5) is 14.2. The Labute approximate surface area is 75.8 Å². The topological polar surface area (TPSA) is 42.0 Å². The van der Waals surface area contributed by atoms with E-state index >= 15 is 0 Å². The molecule has 0 atom stereocenters. The Balaban J connectivity index is 2.29. The minimum atomic E-state index is -0.510. The van der Waals surface area contributed by atoms with Crippen LogP contribution in [0.2, 0.25) is 0 Å². The molecule has 0 aliphatic heterocycles. The molecule has 0 saturated heterocycles. The smallest absolute Gasteiger partial charge is 0.313 e. The minimum Gasteiger partial charge on any atom is -0.342 e. The van der Waals surface area contributed by atoms with Crippen LogP contribution in [0.1, 0.15) is 5.56 Å². The van der Waals surface area contributed by atoms with Gasteiger partial charge in [-0.3, -0.25) is 9.78 Å². The number of nitrogens with zero attached hydrogens (tertiary/aromatic N) is 1. The summed E-state index contributed by atoms with van der Waals surface area (Å²) in [5.74, 6) is 0. The van der Waals surface area contributed by atoms with Crippen LogP contribution < -0.4 is 5.32 Å². The standard InChI is InChI=1S/C8H9ClN2O/c9-8(12)11-6-3-7-1-4-10-5-2-7/h1-2,4-5H,3,6H2,(H,11,12). The number of nitrogens with one attached hydrogen (secondary N) is 1. The molecule has 0 aromatic carbocycles. The van der Waals surface area contributed by atoms with Crippen LogP contribution in [0.25, 0.3) is 0 Å². The highest BCUT2D eigenvalue weighted by Gasteiger charge is 1.93. The van der Waals surface area contributed by atoms with Crippen LogP contribution in [-0.2, 0) is 6.42 Å². The zero-order valence-corrected chi connectivity index (χ0v) is 7.21. The third-order valence-corrected chi connectivity index (χ3v) is 1.56. The SMILES string of the molecule is O=C(Cl)NCCc1ccncc1. The second-order valence-corrected chi connectivity index (χ2v) is 2.65. The van der Waals surface area contributed by atoms with Gasteiger partial charge in [-0.05, 0) is 35.7 Å². The van der Waals surface area contributed by atoms with E-state index in [4.69, 9.17) is 11.6 Å². The van der Waals surface area contributed by atoms with Crippen LogP contribution in [-0.4, -0.2) is 16.9 Å². The van der Waals surface area contributed by atoms with Gasteiger partial charge in [0, 0.05) is 18.9 Å². The van der Waals surface area contributed by atoms with Crippen molar-refractivity contribution >= 4 is 17.0 Å². The summed E-state index contributed by atoms with van der Waals surface area (Å²) >= 11 is 5.08. The molecule has 1 amide bonds. The third kappa shape index (κ3) is 3.34. The van der Waals surface area contributed by atoms with E-state index in [9.17, 15) is 4.79 Å². The van der Waals surface area contributed by atoms with Gasteiger partial charge in [0.25, 0.3) is 0 Å². The number of hydrogen-bond acceptors (Lipinski definition) is 2. The summed E-state index contributed by atoms with van der Waals surface area (Å²) in [6.45, 7) is 0.562. The van der Waals surface area contributed by atoms with Crippen LogP contribution in [0, 0.1) is 0 Å². The third-order valence-electron chi connectivity index (χ3n) is 1.43. The average Bonchev–Trinajstić information content (AvgIpc) is 2.05. The van der Waals surface area contributed by atoms with Gasteiger partial charge in [-0.1, -0.05) is 0 Å². The summed E-state index contributed by atoms with van der Waals surface area (Å²) in [6, 6.07) is 3.81. The normalized spacial score (nSPS) is 9.42. The highest BCUT2D eigenvalue weighted by molar-refractivity contribution is 6.62. The van der Waals surface area contributed by atoms with Crippen LogP contribution in [0.3, 0.4) is 0 Å². The first-order chi connectivity index (χ1) is 5.79. The van der Waals surface area contributed by atoms with E-state index in [0.717, 1.165) is 12.0 Å². The van der Waals surface area contributed by atoms with Gasteiger partial charge in [-0.2, -0.15) is 0 Å². The lowest BCUT2D eigenvalue weighted by Crippen LogP contribution is -2.19. The van der Waals surface area contributed by atoms with Crippen LogP contribution in [0.15, 0.2) is 24.5 Å². The Kier molecular flexibility index (Phi) is 3.54. The lowest BCUT2D eigenvalue weighted by Gasteiger charge is -1.99. The predicted octanol–water partition coefficient (Wildman–Crippen LogP) is 1.57. The number of pyridine rings is 1. The number of carbonyl (C=O) groups is 1. The second kappa shape index (κ2) is 4.72. The Morgan fingerprint density at radius 2 is 2.17 bits per heavy atom. The van der Waals surface area contributed by atoms with E-state index in [2.05, 4.69) is 10.3 Å². The van der Waals surface area contributed by atoms with E-state index < -0.39 is 5.37 Å². The molecule has 1 aromatic heterocycles. The fraction of sp³-hybridized carbons (Fsp3) is 0.250. The molecule has 0 unspecified atom stereocenters. The van der Waals surface area contributed by atoms with Crippen LogP contribution >= 0.6 is 11.6 Å². The number of carbonyl (C=O) groups excluding carboxylic acids is 1. The fourth-order valence-electron chi connectivity index (χ4n) is 0.855. The number of hydrogen-bond donors (Lipinski definition) is 1. The van der Waals surface area contributed by atoms with E-state index in [-0.39, 0.29) is 0 Å². The molecule has 0 aliphatic rings. The zero-order chi connectivity index (χ0) is 8.81. The van der Waals surface area contributed by atoms with Crippen molar-refractivity contribution in [3.8, 4) is 0 Å². The Morgan fingerprint density at radius 3 is 2.75 bits per heavy atom. The van der Waals surface area contributed by atoms with E-state index in [1.165, 1.54) is 0 Å². The molecule has 1 aromatic rings. The van der Waals surface area contributed by atoms with Gasteiger partial charge in [0.1, 0.15) is 0 Å². The molecule has 0 bridgehead atoms. The molecule has 12 heavy (non-hydrogen) atoms. The predicted molar refractivity (Wildman–Crippen MR) is 47.2 cm³/mol. The molecular weight excluding hydrogens is 176 g/mol. The van der Waals surface area contributed by atoms with Crippen molar-refractivity contribution in [3.63, 3.8) is 0 Å². The fourth-order valence-corrected chi connectivity index (χ4v) is 0.949. The molecule has 0 saturated carbocycles. The molecule has 0 radical (unpaired) electrons. The van der Waals surface area contributed by atoms with Gasteiger partial charge < -0.3 is 5.32 Å². The lowest BCUT2D eigenvalue weighted by molar-refractivity contribution is 0.260. The molecule has 4 heteroatoms. The minimum absolute atomic E-state index is 0.510. The zero-order valence-electron chi connectivity index (χ0n) is 6.46. The first kappa shape index (κ1) is 9.00. The van der Waals surface area contributed by atoms with E-state index in [0.29, 0.717) is 6.54 Å². The lowest BCUT2D eigenvalue weighted by atomic mass is 10.2. The number of amides is 1. The molecular formula is C8H9ClN2O. The van der Waals surface area contributed by atoms with Crippen molar-refractivity contribution < 1.29 is 4.79 Å². The highest BCUT2D eigenvalue weighted by Crippen LogP contribution is 1.95. The highest BCUT2D eigenvalue weighted by atomic mass is 35.5. The Morgan fingerprint density at radius 1 is 1.50 bits per heavy atom. The number of halogens is 1. The van der Waals surface area contributed by atoms with Crippen LogP contribution in [0.4, 0.5) is 4.79 Å². The molecule has 0 spiro atoms. The Bertz CT molecular complexity index is 250. The second-order valence-electron chi connectivity index (χ2n) is 2.31. The van der Waals surface area contributed by atoms with Gasteiger partial charge in [0.05, 0.1) is 0 Å².